The van der Waals surface area contributed by atoms with E-state index in [1.54, 1.807) is 0 Å². The Labute approximate surface area is 206 Å². The lowest BCUT2D eigenvalue weighted by Crippen LogP contribution is -2.41. The molecule has 0 saturated carbocycles. The molecule has 0 saturated heterocycles. The maximum atomic E-state index is 12.5. The van der Waals surface area contributed by atoms with Crippen LogP contribution in [0.15, 0.2) is 48.5 Å². The van der Waals surface area contributed by atoms with Gasteiger partial charge < -0.3 is 25.2 Å². The number of carbonyl (C=O) groups excluding carboxylic acids is 2. The van der Waals surface area contributed by atoms with Gasteiger partial charge in [-0.05, 0) is 34.1 Å². The smallest absolute Gasteiger partial charge is 0.407 e. The molecule has 2 amide bonds. The van der Waals surface area contributed by atoms with Gasteiger partial charge in [0.2, 0.25) is 5.91 Å². The number of carbonyl (C=O) groups is 3. The minimum absolute atomic E-state index is 0.0149. The highest BCUT2D eigenvalue weighted by Gasteiger charge is 2.29. The molecule has 0 heterocycles. The quantitative estimate of drug-likeness (QED) is 0.424. The Kier molecular flexibility index (Phi) is 9.25. The number of methoxy groups -OCH3 is 1. The van der Waals surface area contributed by atoms with Crippen LogP contribution in [0.3, 0.4) is 0 Å². The SMILES string of the molecule is COC(CCNC(=O)OCC1c2ccccc2-c2ccccc21)C(=O)NCC(CC(=O)O)C(C)C. The third-order valence-corrected chi connectivity index (χ3v) is 6.51. The number of benzene rings is 2. The van der Waals surface area contributed by atoms with Gasteiger partial charge in [0.15, 0.2) is 0 Å². The third kappa shape index (κ3) is 6.82. The number of carboxylic acids is 1. The zero-order valence-electron chi connectivity index (χ0n) is 20.5. The van der Waals surface area contributed by atoms with Gasteiger partial charge in [0.25, 0.3) is 0 Å². The van der Waals surface area contributed by atoms with Crippen molar-refractivity contribution in [3.05, 3.63) is 59.7 Å². The molecule has 0 radical (unpaired) electrons. The van der Waals surface area contributed by atoms with Crippen LogP contribution in [0.4, 0.5) is 4.79 Å². The molecule has 0 spiro atoms. The van der Waals surface area contributed by atoms with E-state index in [0.717, 1.165) is 22.3 Å². The van der Waals surface area contributed by atoms with Crippen molar-refractivity contribution in [2.75, 3.05) is 26.8 Å². The van der Waals surface area contributed by atoms with E-state index in [1.165, 1.54) is 7.11 Å². The zero-order chi connectivity index (χ0) is 25.4. The molecule has 0 fully saturated rings. The Morgan fingerprint density at radius 1 is 0.971 bits per heavy atom. The second-order valence-electron chi connectivity index (χ2n) is 9.11. The van der Waals surface area contributed by atoms with Crippen molar-refractivity contribution in [3.63, 3.8) is 0 Å². The Balaban J connectivity index is 1.45. The van der Waals surface area contributed by atoms with E-state index >= 15 is 0 Å². The lowest BCUT2D eigenvalue weighted by molar-refractivity contribution is -0.139. The molecule has 3 N–H and O–H groups in total. The van der Waals surface area contributed by atoms with Gasteiger partial charge in [-0.15, -0.1) is 0 Å². The van der Waals surface area contributed by atoms with Gasteiger partial charge >= 0.3 is 12.1 Å². The van der Waals surface area contributed by atoms with Crippen LogP contribution in [0.2, 0.25) is 0 Å². The van der Waals surface area contributed by atoms with Gasteiger partial charge in [0, 0.05) is 32.5 Å². The van der Waals surface area contributed by atoms with E-state index in [2.05, 4.69) is 34.9 Å². The molecular formula is C27H34N2O6. The standard InChI is InChI=1S/C27H34N2O6/c1-17(2)18(14-25(30)31)15-29-26(32)24(34-3)12-13-28-27(33)35-16-23-21-10-6-4-8-19(21)20-9-5-7-11-22(20)23/h4-11,17-18,23-24H,12-16H2,1-3H3,(H,28,33)(H,29,32)(H,30,31). The summed E-state index contributed by atoms with van der Waals surface area (Å²) in [7, 11) is 1.43. The normalized spacial score (nSPS) is 14.1. The maximum absolute atomic E-state index is 12.5. The Hall–Kier alpha value is -3.39. The monoisotopic (exact) mass is 482 g/mol. The van der Waals surface area contributed by atoms with Crippen LogP contribution in [-0.4, -0.2) is 56.0 Å². The van der Waals surface area contributed by atoms with Crippen molar-refractivity contribution in [1.82, 2.24) is 10.6 Å². The zero-order valence-corrected chi connectivity index (χ0v) is 20.5. The fourth-order valence-electron chi connectivity index (χ4n) is 4.42. The van der Waals surface area contributed by atoms with Crippen LogP contribution in [0.1, 0.15) is 43.7 Å². The molecule has 2 aromatic rings. The fourth-order valence-corrected chi connectivity index (χ4v) is 4.42. The first kappa shape index (κ1) is 26.2. The lowest BCUT2D eigenvalue weighted by Gasteiger charge is -2.21. The summed E-state index contributed by atoms with van der Waals surface area (Å²) in [4.78, 5) is 35.8. The van der Waals surface area contributed by atoms with Gasteiger partial charge in [0.1, 0.15) is 12.7 Å². The summed E-state index contributed by atoms with van der Waals surface area (Å²) in [5.74, 6) is -1.31. The van der Waals surface area contributed by atoms with Gasteiger partial charge in [-0.2, -0.15) is 0 Å². The molecule has 0 aliphatic heterocycles. The summed E-state index contributed by atoms with van der Waals surface area (Å²) >= 11 is 0. The highest BCUT2D eigenvalue weighted by Crippen LogP contribution is 2.44. The van der Waals surface area contributed by atoms with Crippen LogP contribution in [0.25, 0.3) is 11.1 Å². The van der Waals surface area contributed by atoms with Crippen LogP contribution in [-0.2, 0) is 19.1 Å². The molecule has 3 rings (SSSR count). The summed E-state index contributed by atoms with van der Waals surface area (Å²) in [5.41, 5.74) is 4.60. The van der Waals surface area contributed by atoms with Crippen LogP contribution in [0.5, 0.6) is 0 Å². The van der Waals surface area contributed by atoms with Crippen molar-refractivity contribution < 1.29 is 29.0 Å². The van der Waals surface area contributed by atoms with Gasteiger partial charge in [-0.1, -0.05) is 62.4 Å². The summed E-state index contributed by atoms with van der Waals surface area (Å²) in [5, 5.41) is 14.5. The second kappa shape index (κ2) is 12.4. The van der Waals surface area contributed by atoms with Crippen molar-refractivity contribution in [1.29, 1.82) is 0 Å². The number of nitrogens with one attached hydrogen (secondary N) is 2. The minimum Gasteiger partial charge on any atom is -0.481 e. The van der Waals surface area contributed by atoms with E-state index in [0.29, 0.717) is 0 Å². The lowest BCUT2D eigenvalue weighted by atomic mass is 9.92. The Morgan fingerprint density at radius 3 is 2.11 bits per heavy atom. The molecule has 188 valence electrons. The number of fused-ring (bicyclic) bond motifs is 3. The number of alkyl carbamates (subject to hydrolysis) is 1. The Morgan fingerprint density at radius 2 is 1.57 bits per heavy atom. The molecule has 2 unspecified atom stereocenters. The van der Waals surface area contributed by atoms with Crippen molar-refractivity contribution in [2.45, 2.75) is 38.7 Å². The number of carboxylic acid groups (broad SMARTS) is 1. The molecule has 0 bridgehead atoms. The van der Waals surface area contributed by atoms with Crippen LogP contribution < -0.4 is 10.6 Å². The molecule has 35 heavy (non-hydrogen) atoms. The molecule has 0 aromatic heterocycles. The predicted octanol–water partition coefficient (Wildman–Crippen LogP) is 3.79. The van der Waals surface area contributed by atoms with Crippen LogP contribution in [0, 0.1) is 11.8 Å². The number of aliphatic carboxylic acids is 1. The second-order valence-corrected chi connectivity index (χ2v) is 9.11. The average molecular weight is 483 g/mol. The minimum atomic E-state index is -0.895. The van der Waals surface area contributed by atoms with Gasteiger partial charge in [-0.25, -0.2) is 4.79 Å². The van der Waals surface area contributed by atoms with Gasteiger partial charge in [-0.3, -0.25) is 9.59 Å². The highest BCUT2D eigenvalue weighted by molar-refractivity contribution is 5.81. The van der Waals surface area contributed by atoms with E-state index < -0.39 is 18.2 Å². The number of amides is 2. The first-order valence-corrected chi connectivity index (χ1v) is 11.9. The number of rotatable bonds is 12. The van der Waals surface area contributed by atoms with E-state index in [4.69, 9.17) is 14.6 Å². The number of hydrogen-bond donors (Lipinski definition) is 3. The summed E-state index contributed by atoms with van der Waals surface area (Å²) in [6, 6.07) is 16.3. The van der Waals surface area contributed by atoms with E-state index in [-0.39, 0.29) is 56.2 Å². The van der Waals surface area contributed by atoms with Gasteiger partial charge in [0.05, 0.1) is 6.42 Å². The first-order chi connectivity index (χ1) is 16.8. The largest absolute Gasteiger partial charge is 0.481 e. The summed E-state index contributed by atoms with van der Waals surface area (Å²) in [6.45, 7) is 4.51. The third-order valence-electron chi connectivity index (χ3n) is 6.51. The molecule has 8 heteroatoms. The first-order valence-electron chi connectivity index (χ1n) is 11.9. The molecule has 8 nitrogen and oxygen atoms in total. The van der Waals surface area contributed by atoms with Crippen molar-refractivity contribution >= 4 is 18.0 Å². The van der Waals surface area contributed by atoms with E-state index in [1.807, 2.05) is 38.1 Å². The number of hydrogen-bond acceptors (Lipinski definition) is 5. The molecule has 2 aromatic carbocycles. The Bertz CT molecular complexity index is 992. The summed E-state index contributed by atoms with van der Waals surface area (Å²) < 4.78 is 10.8. The molecular weight excluding hydrogens is 448 g/mol. The molecule has 1 aliphatic rings. The van der Waals surface area contributed by atoms with E-state index in [9.17, 15) is 14.4 Å². The fraction of sp³-hybridized carbons (Fsp3) is 0.444. The number of ether oxygens (including phenoxy) is 2. The molecule has 2 atom stereocenters. The predicted molar refractivity (Wildman–Crippen MR) is 132 cm³/mol. The van der Waals surface area contributed by atoms with Crippen LogP contribution >= 0.6 is 0 Å². The average Bonchev–Trinajstić information content (AvgIpc) is 3.16. The topological polar surface area (TPSA) is 114 Å². The van der Waals surface area contributed by atoms with Crippen molar-refractivity contribution in [2.24, 2.45) is 11.8 Å². The molecule has 1 aliphatic carbocycles. The highest BCUT2D eigenvalue weighted by atomic mass is 16.5. The maximum Gasteiger partial charge on any atom is 0.407 e. The summed E-state index contributed by atoms with van der Waals surface area (Å²) in [6.07, 6.45) is -1.07. The van der Waals surface area contributed by atoms with Crippen molar-refractivity contribution in [3.8, 4) is 11.1 Å².